The van der Waals surface area contributed by atoms with Crippen molar-refractivity contribution in [2.24, 2.45) is 0 Å². The SMILES string of the molecule is c1ccc(-n2cc(CNC3CC3)cn2)nc1. The van der Waals surface area contributed by atoms with Gasteiger partial charge in [-0.25, -0.2) is 9.67 Å². The van der Waals surface area contributed by atoms with E-state index in [2.05, 4.69) is 15.4 Å². The van der Waals surface area contributed by atoms with Crippen LogP contribution in [0.25, 0.3) is 5.82 Å². The highest BCUT2D eigenvalue weighted by molar-refractivity contribution is 5.22. The summed E-state index contributed by atoms with van der Waals surface area (Å²) >= 11 is 0. The Balaban J connectivity index is 1.71. The first-order valence-corrected chi connectivity index (χ1v) is 5.60. The molecular weight excluding hydrogens is 200 g/mol. The van der Waals surface area contributed by atoms with Crippen LogP contribution < -0.4 is 5.32 Å². The van der Waals surface area contributed by atoms with Gasteiger partial charge in [-0.3, -0.25) is 0 Å². The predicted octanol–water partition coefficient (Wildman–Crippen LogP) is 1.52. The van der Waals surface area contributed by atoms with Gasteiger partial charge in [0.15, 0.2) is 5.82 Å². The number of aromatic nitrogens is 3. The summed E-state index contributed by atoms with van der Waals surface area (Å²) in [6.07, 6.45) is 8.32. The number of nitrogens with zero attached hydrogens (tertiary/aromatic N) is 3. The van der Waals surface area contributed by atoms with E-state index >= 15 is 0 Å². The second-order valence-electron chi connectivity index (χ2n) is 4.14. The summed E-state index contributed by atoms with van der Waals surface area (Å²) in [4.78, 5) is 4.25. The number of rotatable bonds is 4. The Morgan fingerprint density at radius 1 is 1.38 bits per heavy atom. The van der Waals surface area contributed by atoms with Crippen LogP contribution in [-0.4, -0.2) is 20.8 Å². The molecule has 1 fully saturated rings. The van der Waals surface area contributed by atoms with Crippen molar-refractivity contribution < 1.29 is 0 Å². The number of hydrogen-bond acceptors (Lipinski definition) is 3. The molecule has 16 heavy (non-hydrogen) atoms. The molecule has 1 N–H and O–H groups in total. The zero-order valence-corrected chi connectivity index (χ0v) is 9.00. The molecule has 0 aliphatic heterocycles. The summed E-state index contributed by atoms with van der Waals surface area (Å²) in [5.41, 5.74) is 1.21. The van der Waals surface area contributed by atoms with Crippen molar-refractivity contribution in [2.45, 2.75) is 25.4 Å². The average molecular weight is 214 g/mol. The predicted molar refractivity (Wildman–Crippen MR) is 61.2 cm³/mol. The van der Waals surface area contributed by atoms with E-state index in [0.29, 0.717) is 0 Å². The Bertz CT molecular complexity index is 459. The molecule has 1 aliphatic carbocycles. The maximum absolute atomic E-state index is 4.30. The van der Waals surface area contributed by atoms with Crippen molar-refractivity contribution in [3.63, 3.8) is 0 Å². The van der Waals surface area contributed by atoms with Gasteiger partial charge in [0.1, 0.15) is 0 Å². The molecule has 4 nitrogen and oxygen atoms in total. The van der Waals surface area contributed by atoms with Gasteiger partial charge in [-0.1, -0.05) is 6.07 Å². The Morgan fingerprint density at radius 2 is 2.31 bits per heavy atom. The maximum Gasteiger partial charge on any atom is 0.153 e. The molecule has 3 rings (SSSR count). The standard InChI is InChI=1S/C12H14N4/c1-2-6-13-12(3-1)16-9-10(8-15-16)7-14-11-4-5-11/h1-3,6,8-9,11,14H,4-5,7H2. The number of pyridine rings is 1. The van der Waals surface area contributed by atoms with Crippen LogP contribution in [0.2, 0.25) is 0 Å². The second kappa shape index (κ2) is 4.06. The maximum atomic E-state index is 4.30. The molecule has 0 unspecified atom stereocenters. The minimum Gasteiger partial charge on any atom is -0.310 e. The van der Waals surface area contributed by atoms with Crippen molar-refractivity contribution in [1.29, 1.82) is 0 Å². The third-order valence-electron chi connectivity index (χ3n) is 2.69. The molecule has 0 saturated heterocycles. The fourth-order valence-corrected chi connectivity index (χ4v) is 1.62. The molecule has 2 aromatic heterocycles. The molecular formula is C12H14N4. The first kappa shape index (κ1) is 9.54. The molecule has 0 atom stereocenters. The van der Waals surface area contributed by atoms with Crippen molar-refractivity contribution in [3.05, 3.63) is 42.4 Å². The monoisotopic (exact) mass is 214 g/mol. The van der Waals surface area contributed by atoms with Crippen LogP contribution in [0.1, 0.15) is 18.4 Å². The van der Waals surface area contributed by atoms with Crippen LogP contribution in [0.3, 0.4) is 0 Å². The van der Waals surface area contributed by atoms with Gasteiger partial charge in [0.25, 0.3) is 0 Å². The highest BCUT2D eigenvalue weighted by atomic mass is 15.3. The van der Waals surface area contributed by atoms with E-state index < -0.39 is 0 Å². The van der Waals surface area contributed by atoms with Crippen molar-refractivity contribution in [1.82, 2.24) is 20.1 Å². The molecule has 0 radical (unpaired) electrons. The molecule has 0 bridgehead atoms. The fourth-order valence-electron chi connectivity index (χ4n) is 1.62. The summed E-state index contributed by atoms with van der Waals surface area (Å²) in [5.74, 6) is 0.861. The number of hydrogen-bond donors (Lipinski definition) is 1. The molecule has 0 aromatic carbocycles. The first-order chi connectivity index (χ1) is 7.92. The Labute approximate surface area is 94.3 Å². The third kappa shape index (κ3) is 2.12. The Morgan fingerprint density at radius 3 is 3.06 bits per heavy atom. The van der Waals surface area contributed by atoms with E-state index in [1.165, 1.54) is 18.4 Å². The molecule has 82 valence electrons. The lowest BCUT2D eigenvalue weighted by molar-refractivity contribution is 0.687. The van der Waals surface area contributed by atoms with Gasteiger partial charge >= 0.3 is 0 Å². The third-order valence-corrected chi connectivity index (χ3v) is 2.69. The highest BCUT2D eigenvalue weighted by Gasteiger charge is 2.20. The van der Waals surface area contributed by atoms with Gasteiger partial charge in [0.2, 0.25) is 0 Å². The lowest BCUT2D eigenvalue weighted by atomic mass is 10.3. The summed E-state index contributed by atoms with van der Waals surface area (Å²) in [5, 5.41) is 7.76. The van der Waals surface area contributed by atoms with Crippen molar-refractivity contribution in [3.8, 4) is 5.82 Å². The smallest absolute Gasteiger partial charge is 0.153 e. The van der Waals surface area contributed by atoms with Gasteiger partial charge in [0.05, 0.1) is 6.20 Å². The molecule has 2 heterocycles. The fraction of sp³-hybridized carbons (Fsp3) is 0.333. The number of nitrogens with one attached hydrogen (secondary N) is 1. The van der Waals surface area contributed by atoms with Crippen LogP contribution in [-0.2, 0) is 6.54 Å². The molecule has 1 saturated carbocycles. The van der Waals surface area contributed by atoms with Crippen LogP contribution >= 0.6 is 0 Å². The van der Waals surface area contributed by atoms with Crippen LogP contribution in [0, 0.1) is 0 Å². The van der Waals surface area contributed by atoms with Gasteiger partial charge in [-0.15, -0.1) is 0 Å². The van der Waals surface area contributed by atoms with Gasteiger partial charge in [0, 0.05) is 30.5 Å². The average Bonchev–Trinajstić information content (AvgIpc) is 3.05. The summed E-state index contributed by atoms with van der Waals surface area (Å²) in [6, 6.07) is 6.55. The summed E-state index contributed by atoms with van der Waals surface area (Å²) in [6.45, 7) is 0.900. The molecule has 4 heteroatoms. The minimum absolute atomic E-state index is 0.734. The lowest BCUT2D eigenvalue weighted by Gasteiger charge is -1.99. The molecule has 1 aliphatic rings. The van der Waals surface area contributed by atoms with E-state index in [0.717, 1.165) is 18.4 Å². The zero-order chi connectivity index (χ0) is 10.8. The van der Waals surface area contributed by atoms with Crippen LogP contribution in [0.15, 0.2) is 36.8 Å². The quantitative estimate of drug-likeness (QED) is 0.839. The van der Waals surface area contributed by atoms with Crippen molar-refractivity contribution >= 4 is 0 Å². The largest absolute Gasteiger partial charge is 0.310 e. The highest BCUT2D eigenvalue weighted by Crippen LogP contribution is 2.19. The second-order valence-corrected chi connectivity index (χ2v) is 4.14. The van der Waals surface area contributed by atoms with Crippen LogP contribution in [0.5, 0.6) is 0 Å². The summed E-state index contributed by atoms with van der Waals surface area (Å²) in [7, 11) is 0. The minimum atomic E-state index is 0.734. The molecule has 0 amide bonds. The van der Waals surface area contributed by atoms with E-state index in [-0.39, 0.29) is 0 Å². The normalized spacial score (nSPS) is 15.2. The van der Waals surface area contributed by atoms with E-state index in [9.17, 15) is 0 Å². The lowest BCUT2D eigenvalue weighted by Crippen LogP contribution is -2.14. The first-order valence-electron chi connectivity index (χ1n) is 5.60. The van der Waals surface area contributed by atoms with E-state index in [4.69, 9.17) is 0 Å². The van der Waals surface area contributed by atoms with E-state index in [1.807, 2.05) is 35.3 Å². The molecule has 0 spiro atoms. The summed E-state index contributed by atoms with van der Waals surface area (Å²) < 4.78 is 1.81. The van der Waals surface area contributed by atoms with Gasteiger partial charge in [-0.05, 0) is 25.0 Å². The topological polar surface area (TPSA) is 42.7 Å². The molecule has 2 aromatic rings. The Kier molecular flexibility index (Phi) is 2.42. The van der Waals surface area contributed by atoms with Crippen molar-refractivity contribution in [2.75, 3.05) is 0 Å². The zero-order valence-electron chi connectivity index (χ0n) is 9.00. The van der Waals surface area contributed by atoms with Gasteiger partial charge in [-0.2, -0.15) is 5.10 Å². The van der Waals surface area contributed by atoms with E-state index in [1.54, 1.807) is 6.20 Å². The van der Waals surface area contributed by atoms with Crippen LogP contribution in [0.4, 0.5) is 0 Å². The van der Waals surface area contributed by atoms with Gasteiger partial charge < -0.3 is 5.32 Å². The Hall–Kier alpha value is -1.68.